The monoisotopic (exact) mass is 400 g/mol. The maximum absolute atomic E-state index is 13.2. The van der Waals surface area contributed by atoms with Crippen molar-refractivity contribution in [3.63, 3.8) is 0 Å². The number of aromatic nitrogens is 1. The lowest BCUT2D eigenvalue weighted by molar-refractivity contribution is -0.120. The highest BCUT2D eigenvalue weighted by Gasteiger charge is 2.29. The summed E-state index contributed by atoms with van der Waals surface area (Å²) < 4.78 is 26.4. The first kappa shape index (κ1) is 19.3. The van der Waals surface area contributed by atoms with Gasteiger partial charge in [-0.1, -0.05) is 29.8 Å². The van der Waals surface area contributed by atoms with Gasteiger partial charge < -0.3 is 5.32 Å². The summed E-state index contributed by atoms with van der Waals surface area (Å²) in [5, 5.41) is 3.77. The van der Waals surface area contributed by atoms with Crippen LogP contribution in [0.1, 0.15) is 21.3 Å². The molecule has 1 unspecified atom stereocenters. The van der Waals surface area contributed by atoms with E-state index in [2.05, 4.69) is 10.3 Å². The van der Waals surface area contributed by atoms with Crippen LogP contribution >= 0.6 is 11.3 Å². The Morgan fingerprint density at radius 2 is 1.93 bits per heavy atom. The molecule has 1 amide bonds. The molecule has 2 heterocycles. The standard InChI is InChI=1S/C20H20N2O3S2/c1-15-6-8-18(9-7-15)27(24,25)19(16-4-2-10-21-13-16)14-22-20(23)12-17-5-3-11-26-17/h2-11,13,19H,12,14H2,1H3,(H,22,23). The van der Waals surface area contributed by atoms with Crippen LogP contribution in [0.2, 0.25) is 0 Å². The summed E-state index contributed by atoms with van der Waals surface area (Å²) in [6.45, 7) is 1.89. The molecular formula is C20H20N2O3S2. The molecule has 0 aliphatic heterocycles. The first-order chi connectivity index (χ1) is 13.0. The van der Waals surface area contributed by atoms with Crippen molar-refractivity contribution in [3.8, 4) is 0 Å². The molecule has 0 radical (unpaired) electrons. The Labute approximate surface area is 163 Å². The number of carbonyl (C=O) groups is 1. The van der Waals surface area contributed by atoms with Crippen molar-refractivity contribution in [2.75, 3.05) is 6.54 Å². The van der Waals surface area contributed by atoms with Crippen molar-refractivity contribution >= 4 is 27.1 Å². The van der Waals surface area contributed by atoms with Crippen molar-refractivity contribution < 1.29 is 13.2 Å². The summed E-state index contributed by atoms with van der Waals surface area (Å²) in [6, 6.07) is 13.9. The van der Waals surface area contributed by atoms with Crippen LogP contribution in [0.4, 0.5) is 0 Å². The van der Waals surface area contributed by atoms with Crippen LogP contribution in [0.25, 0.3) is 0 Å². The first-order valence-electron chi connectivity index (χ1n) is 8.46. The van der Waals surface area contributed by atoms with E-state index < -0.39 is 15.1 Å². The van der Waals surface area contributed by atoms with E-state index in [0.717, 1.165) is 10.4 Å². The largest absolute Gasteiger partial charge is 0.354 e. The minimum atomic E-state index is -3.68. The molecule has 0 spiro atoms. The number of thiophene rings is 1. The Kier molecular flexibility index (Phi) is 6.03. The lowest BCUT2D eigenvalue weighted by Crippen LogP contribution is -2.32. The fourth-order valence-corrected chi connectivity index (χ4v) is 5.05. The van der Waals surface area contributed by atoms with E-state index in [-0.39, 0.29) is 23.8 Å². The average molecular weight is 401 g/mol. The zero-order valence-corrected chi connectivity index (χ0v) is 16.5. The van der Waals surface area contributed by atoms with E-state index in [9.17, 15) is 13.2 Å². The molecule has 0 saturated heterocycles. The Morgan fingerprint density at radius 3 is 2.56 bits per heavy atom. The fraction of sp³-hybridized carbons (Fsp3) is 0.200. The van der Waals surface area contributed by atoms with Crippen molar-refractivity contribution in [2.24, 2.45) is 0 Å². The number of amides is 1. The third-order valence-electron chi connectivity index (χ3n) is 4.18. The van der Waals surface area contributed by atoms with Crippen LogP contribution in [0.15, 0.2) is 71.2 Å². The van der Waals surface area contributed by atoms with E-state index >= 15 is 0 Å². The number of sulfone groups is 1. The topological polar surface area (TPSA) is 76.1 Å². The van der Waals surface area contributed by atoms with Crippen molar-refractivity contribution in [1.82, 2.24) is 10.3 Å². The van der Waals surface area contributed by atoms with Crippen molar-refractivity contribution in [3.05, 3.63) is 82.3 Å². The van der Waals surface area contributed by atoms with Gasteiger partial charge in [-0.15, -0.1) is 11.3 Å². The molecule has 3 aromatic rings. The molecule has 1 aromatic carbocycles. The van der Waals surface area contributed by atoms with Gasteiger partial charge in [0.2, 0.25) is 5.91 Å². The zero-order valence-electron chi connectivity index (χ0n) is 14.8. The van der Waals surface area contributed by atoms with Gasteiger partial charge in [0.25, 0.3) is 0 Å². The number of benzene rings is 1. The Balaban J connectivity index is 1.83. The number of carbonyl (C=O) groups excluding carboxylic acids is 1. The SMILES string of the molecule is Cc1ccc(S(=O)(=O)C(CNC(=O)Cc2cccs2)c2cccnc2)cc1. The van der Waals surface area contributed by atoms with Gasteiger partial charge in [0.05, 0.1) is 11.3 Å². The summed E-state index contributed by atoms with van der Waals surface area (Å²) in [5.74, 6) is -0.203. The molecule has 27 heavy (non-hydrogen) atoms. The summed E-state index contributed by atoms with van der Waals surface area (Å²) in [6.07, 6.45) is 3.36. The number of aryl methyl sites for hydroxylation is 1. The van der Waals surface area contributed by atoms with E-state index in [1.165, 1.54) is 17.5 Å². The van der Waals surface area contributed by atoms with Crippen LogP contribution in [0, 0.1) is 6.92 Å². The Bertz CT molecular complexity index is 983. The van der Waals surface area contributed by atoms with Crippen LogP contribution in [-0.2, 0) is 21.1 Å². The predicted octanol–water partition coefficient (Wildman–Crippen LogP) is 3.33. The summed E-state index contributed by atoms with van der Waals surface area (Å²) in [7, 11) is -3.68. The highest BCUT2D eigenvalue weighted by Crippen LogP contribution is 2.28. The minimum Gasteiger partial charge on any atom is -0.354 e. The van der Waals surface area contributed by atoms with E-state index in [0.29, 0.717) is 5.56 Å². The molecular weight excluding hydrogens is 380 g/mol. The van der Waals surface area contributed by atoms with Crippen molar-refractivity contribution in [1.29, 1.82) is 0 Å². The van der Waals surface area contributed by atoms with Gasteiger partial charge in [-0.05, 0) is 42.1 Å². The van der Waals surface area contributed by atoms with Crippen LogP contribution in [0.3, 0.4) is 0 Å². The molecule has 140 valence electrons. The van der Waals surface area contributed by atoms with E-state index in [1.807, 2.05) is 24.4 Å². The third-order valence-corrected chi connectivity index (χ3v) is 7.17. The van der Waals surface area contributed by atoms with Crippen molar-refractivity contribution in [2.45, 2.75) is 23.5 Å². The molecule has 1 atom stereocenters. The molecule has 0 fully saturated rings. The number of hydrogen-bond donors (Lipinski definition) is 1. The molecule has 7 heteroatoms. The number of rotatable bonds is 7. The molecule has 0 aliphatic rings. The molecule has 2 aromatic heterocycles. The molecule has 3 rings (SSSR count). The van der Waals surface area contributed by atoms with Gasteiger partial charge in [0.15, 0.2) is 9.84 Å². The van der Waals surface area contributed by atoms with Crippen LogP contribution < -0.4 is 5.32 Å². The maximum Gasteiger partial charge on any atom is 0.225 e. The average Bonchev–Trinajstić information content (AvgIpc) is 3.16. The fourth-order valence-electron chi connectivity index (χ4n) is 2.71. The van der Waals surface area contributed by atoms with Gasteiger partial charge in [0.1, 0.15) is 5.25 Å². The summed E-state index contributed by atoms with van der Waals surface area (Å²) >= 11 is 1.50. The lowest BCUT2D eigenvalue weighted by atomic mass is 10.2. The second kappa shape index (κ2) is 8.45. The Morgan fingerprint density at radius 1 is 1.15 bits per heavy atom. The lowest BCUT2D eigenvalue weighted by Gasteiger charge is -2.19. The second-order valence-electron chi connectivity index (χ2n) is 6.19. The van der Waals surface area contributed by atoms with Gasteiger partial charge in [-0.3, -0.25) is 9.78 Å². The maximum atomic E-state index is 13.2. The number of pyridine rings is 1. The summed E-state index contributed by atoms with van der Waals surface area (Å²) in [4.78, 5) is 17.4. The predicted molar refractivity (Wildman–Crippen MR) is 106 cm³/mol. The van der Waals surface area contributed by atoms with Gasteiger partial charge >= 0.3 is 0 Å². The first-order valence-corrected chi connectivity index (χ1v) is 10.9. The normalized spacial score (nSPS) is 12.5. The highest BCUT2D eigenvalue weighted by molar-refractivity contribution is 7.91. The van der Waals surface area contributed by atoms with E-state index in [1.54, 1.807) is 42.6 Å². The van der Waals surface area contributed by atoms with Crippen LogP contribution in [-0.4, -0.2) is 25.9 Å². The molecule has 1 N–H and O–H groups in total. The molecule has 0 aliphatic carbocycles. The van der Waals surface area contributed by atoms with Gasteiger partial charge in [-0.2, -0.15) is 0 Å². The smallest absolute Gasteiger partial charge is 0.225 e. The summed E-state index contributed by atoms with van der Waals surface area (Å²) in [5.41, 5.74) is 1.53. The van der Waals surface area contributed by atoms with Crippen LogP contribution in [0.5, 0.6) is 0 Å². The quantitative estimate of drug-likeness (QED) is 0.660. The number of hydrogen-bond acceptors (Lipinski definition) is 5. The zero-order chi connectivity index (χ0) is 19.3. The molecule has 0 bridgehead atoms. The second-order valence-corrected chi connectivity index (χ2v) is 9.36. The molecule has 5 nitrogen and oxygen atoms in total. The van der Waals surface area contributed by atoms with Gasteiger partial charge in [0, 0.05) is 23.8 Å². The van der Waals surface area contributed by atoms with E-state index in [4.69, 9.17) is 0 Å². The minimum absolute atomic E-state index is 0.00783. The number of nitrogens with zero attached hydrogens (tertiary/aromatic N) is 1. The number of nitrogens with one attached hydrogen (secondary N) is 1. The molecule has 0 saturated carbocycles. The third kappa shape index (κ3) is 4.81. The highest BCUT2D eigenvalue weighted by atomic mass is 32.2. The Hall–Kier alpha value is -2.51. The van der Waals surface area contributed by atoms with Gasteiger partial charge in [-0.25, -0.2) is 8.42 Å².